The van der Waals surface area contributed by atoms with E-state index in [0.717, 1.165) is 17.8 Å². The summed E-state index contributed by atoms with van der Waals surface area (Å²) in [6, 6.07) is 12.4. The summed E-state index contributed by atoms with van der Waals surface area (Å²) < 4.78 is 40.2. The van der Waals surface area contributed by atoms with Crippen LogP contribution in [-0.2, 0) is 12.7 Å². The monoisotopic (exact) mass is 401 g/mol. The number of aromatic nitrogens is 3. The van der Waals surface area contributed by atoms with Gasteiger partial charge in [0.05, 0.1) is 29.6 Å². The van der Waals surface area contributed by atoms with E-state index >= 15 is 0 Å². The molecule has 9 heteroatoms. The number of amides is 1. The van der Waals surface area contributed by atoms with Gasteiger partial charge in [-0.25, -0.2) is 4.68 Å². The summed E-state index contributed by atoms with van der Waals surface area (Å²) in [6.45, 7) is 0.140. The Morgan fingerprint density at radius 3 is 2.55 bits per heavy atom. The number of fused-ring (bicyclic) bond motifs is 1. The Morgan fingerprint density at radius 1 is 1.03 bits per heavy atom. The van der Waals surface area contributed by atoms with E-state index in [-0.39, 0.29) is 12.5 Å². The maximum atomic E-state index is 12.9. The lowest BCUT2D eigenvalue weighted by molar-refractivity contribution is -0.137. The van der Waals surface area contributed by atoms with Crippen LogP contribution < -0.4 is 4.90 Å². The summed E-state index contributed by atoms with van der Waals surface area (Å²) in [4.78, 5) is 16.2. The van der Waals surface area contributed by atoms with Crippen LogP contribution >= 0.6 is 0 Å². The van der Waals surface area contributed by atoms with Crippen LogP contribution in [0.4, 0.5) is 18.9 Å². The second-order valence-electron chi connectivity index (χ2n) is 6.96. The molecule has 0 N–H and O–H groups in total. The zero-order valence-corrected chi connectivity index (χ0v) is 15.8. The lowest BCUT2D eigenvalue weighted by atomic mass is 10.1. The summed E-state index contributed by atoms with van der Waals surface area (Å²) in [5.74, 6) is -0.129. The largest absolute Gasteiger partial charge is 0.416 e. The van der Waals surface area contributed by atoms with E-state index in [9.17, 15) is 18.0 Å². The zero-order chi connectivity index (χ0) is 20.8. The molecule has 0 bridgehead atoms. The van der Waals surface area contributed by atoms with Gasteiger partial charge in [-0.15, -0.1) is 5.10 Å². The number of halogens is 3. The van der Waals surface area contributed by atoms with Crippen molar-refractivity contribution in [1.82, 2.24) is 19.9 Å². The number of alkyl halides is 3. The summed E-state index contributed by atoms with van der Waals surface area (Å²) in [7, 11) is 3.55. The van der Waals surface area contributed by atoms with Gasteiger partial charge < -0.3 is 9.80 Å². The predicted molar refractivity (Wildman–Crippen MR) is 100 cm³/mol. The van der Waals surface area contributed by atoms with E-state index in [2.05, 4.69) is 10.3 Å². The Bertz CT molecular complexity index is 1060. The number of nitrogens with zero attached hydrogens (tertiary/aromatic N) is 5. The van der Waals surface area contributed by atoms with Gasteiger partial charge in [-0.3, -0.25) is 4.79 Å². The Balaban J connectivity index is 1.61. The maximum Gasteiger partial charge on any atom is 0.416 e. The molecular weight excluding hydrogens is 383 g/mol. The van der Waals surface area contributed by atoms with Crippen molar-refractivity contribution in [3.8, 4) is 0 Å². The topological polar surface area (TPSA) is 54.3 Å². The van der Waals surface area contributed by atoms with Gasteiger partial charge in [0.15, 0.2) is 6.17 Å². The van der Waals surface area contributed by atoms with Crippen molar-refractivity contribution in [1.29, 1.82) is 0 Å². The van der Waals surface area contributed by atoms with E-state index in [1.54, 1.807) is 30.3 Å². The summed E-state index contributed by atoms with van der Waals surface area (Å²) in [5.41, 5.74) is 1.68. The molecule has 0 saturated heterocycles. The van der Waals surface area contributed by atoms with Gasteiger partial charge >= 0.3 is 6.18 Å². The van der Waals surface area contributed by atoms with Crippen LogP contribution in [0.1, 0.15) is 33.3 Å². The van der Waals surface area contributed by atoms with Gasteiger partial charge in [0.1, 0.15) is 5.69 Å². The van der Waals surface area contributed by atoms with Gasteiger partial charge in [0.25, 0.3) is 5.91 Å². The fourth-order valence-electron chi connectivity index (χ4n) is 3.59. The lowest BCUT2D eigenvalue weighted by Gasteiger charge is -2.40. The maximum absolute atomic E-state index is 12.9. The highest BCUT2D eigenvalue weighted by atomic mass is 19.4. The van der Waals surface area contributed by atoms with Crippen molar-refractivity contribution >= 4 is 11.6 Å². The minimum atomic E-state index is -4.40. The Labute approximate surface area is 165 Å². The molecule has 2 heterocycles. The number of para-hydroxylation sites is 1. The first-order valence-corrected chi connectivity index (χ1v) is 8.91. The number of carbonyl (C=O) groups is 1. The third kappa shape index (κ3) is 3.43. The van der Waals surface area contributed by atoms with E-state index < -0.39 is 17.9 Å². The molecule has 1 aromatic heterocycles. The molecule has 0 fully saturated rings. The SMILES string of the molecule is CN1C(=O)c2ccccc2N(C)[C@@H]1c1cn(Cc2cccc(C(F)(F)F)c2)nn1. The molecule has 0 unspecified atom stereocenters. The molecule has 1 aliphatic heterocycles. The predicted octanol–water partition coefficient (Wildman–Crippen LogP) is 3.57. The number of benzene rings is 2. The number of carbonyl (C=O) groups excluding carboxylic acids is 1. The summed E-state index contributed by atoms with van der Waals surface area (Å²) in [5, 5.41) is 8.22. The highest BCUT2D eigenvalue weighted by molar-refractivity contribution is 6.01. The molecule has 150 valence electrons. The third-order valence-electron chi connectivity index (χ3n) is 4.99. The van der Waals surface area contributed by atoms with Crippen LogP contribution in [0.5, 0.6) is 0 Å². The van der Waals surface area contributed by atoms with Crippen LogP contribution in [0.2, 0.25) is 0 Å². The average molecular weight is 401 g/mol. The van der Waals surface area contributed by atoms with Gasteiger partial charge in [-0.05, 0) is 29.8 Å². The van der Waals surface area contributed by atoms with E-state index in [1.807, 2.05) is 30.1 Å². The molecule has 29 heavy (non-hydrogen) atoms. The molecule has 4 rings (SSSR count). The van der Waals surface area contributed by atoms with Crippen LogP contribution in [0.25, 0.3) is 0 Å². The van der Waals surface area contributed by atoms with Crippen LogP contribution in [0.3, 0.4) is 0 Å². The second-order valence-corrected chi connectivity index (χ2v) is 6.96. The van der Waals surface area contributed by atoms with Crippen molar-refractivity contribution in [2.24, 2.45) is 0 Å². The molecular formula is C20H18F3N5O. The van der Waals surface area contributed by atoms with E-state index in [4.69, 9.17) is 0 Å². The van der Waals surface area contributed by atoms with Gasteiger partial charge in [-0.2, -0.15) is 13.2 Å². The van der Waals surface area contributed by atoms with Crippen molar-refractivity contribution < 1.29 is 18.0 Å². The minimum Gasteiger partial charge on any atom is -0.348 e. The Morgan fingerprint density at radius 2 is 1.79 bits per heavy atom. The van der Waals surface area contributed by atoms with Gasteiger partial charge in [0, 0.05) is 14.1 Å². The first-order chi connectivity index (χ1) is 13.8. The first-order valence-electron chi connectivity index (χ1n) is 8.91. The van der Waals surface area contributed by atoms with Gasteiger partial charge in [0.2, 0.25) is 0 Å². The van der Waals surface area contributed by atoms with Crippen molar-refractivity contribution in [3.63, 3.8) is 0 Å². The third-order valence-corrected chi connectivity index (χ3v) is 4.99. The number of hydrogen-bond acceptors (Lipinski definition) is 4. The Kier molecular flexibility index (Phi) is 4.52. The fourth-order valence-corrected chi connectivity index (χ4v) is 3.59. The van der Waals surface area contributed by atoms with E-state index in [0.29, 0.717) is 16.8 Å². The van der Waals surface area contributed by atoms with Crippen molar-refractivity contribution in [2.45, 2.75) is 18.9 Å². The Hall–Kier alpha value is -3.36. The quantitative estimate of drug-likeness (QED) is 0.674. The standard InChI is InChI=1S/C20H18F3N5O/c1-26-17-9-4-3-8-15(17)19(29)27(2)18(26)16-12-28(25-24-16)11-13-6-5-7-14(10-13)20(21,22)23/h3-10,12,18H,11H2,1-2H3/t18-/m0/s1. The molecule has 3 aromatic rings. The molecule has 1 atom stereocenters. The van der Waals surface area contributed by atoms with E-state index in [1.165, 1.54) is 10.7 Å². The first kappa shape index (κ1) is 19.0. The zero-order valence-electron chi connectivity index (χ0n) is 15.8. The number of anilines is 1. The van der Waals surface area contributed by atoms with Gasteiger partial charge in [-0.1, -0.05) is 29.5 Å². The van der Waals surface area contributed by atoms with Crippen LogP contribution in [-0.4, -0.2) is 39.9 Å². The summed E-state index contributed by atoms with van der Waals surface area (Å²) >= 11 is 0. The highest BCUT2D eigenvalue weighted by Crippen LogP contribution is 2.35. The molecule has 0 saturated carbocycles. The number of hydrogen-bond donors (Lipinski definition) is 0. The molecule has 0 radical (unpaired) electrons. The fraction of sp³-hybridized carbons (Fsp3) is 0.250. The molecule has 0 spiro atoms. The molecule has 2 aromatic carbocycles. The minimum absolute atomic E-state index is 0.129. The molecule has 6 nitrogen and oxygen atoms in total. The normalized spacial score (nSPS) is 16.9. The summed E-state index contributed by atoms with van der Waals surface area (Å²) in [6.07, 6.45) is -3.21. The molecule has 1 aliphatic rings. The number of rotatable bonds is 3. The average Bonchev–Trinajstić information content (AvgIpc) is 3.14. The molecule has 0 aliphatic carbocycles. The van der Waals surface area contributed by atoms with Crippen molar-refractivity contribution in [2.75, 3.05) is 19.0 Å². The van der Waals surface area contributed by atoms with Crippen LogP contribution in [0.15, 0.2) is 54.7 Å². The smallest absolute Gasteiger partial charge is 0.348 e. The van der Waals surface area contributed by atoms with Crippen LogP contribution in [0, 0.1) is 0 Å². The molecule has 1 amide bonds. The highest BCUT2D eigenvalue weighted by Gasteiger charge is 2.36. The van der Waals surface area contributed by atoms with Crippen molar-refractivity contribution in [3.05, 3.63) is 77.1 Å². The lowest BCUT2D eigenvalue weighted by Crippen LogP contribution is -2.45. The second kappa shape index (κ2) is 6.91.